The second-order valence-corrected chi connectivity index (χ2v) is 6.80. The first-order chi connectivity index (χ1) is 11.9. The molecule has 0 bridgehead atoms. The van der Waals surface area contributed by atoms with Crippen LogP contribution in [0.4, 0.5) is 4.79 Å². The Balaban J connectivity index is 1.46. The molecule has 0 unspecified atom stereocenters. The van der Waals surface area contributed by atoms with E-state index in [4.69, 9.17) is 24.1 Å². The molecule has 1 saturated carbocycles. The molecule has 2 fully saturated rings. The number of benzene rings is 1. The van der Waals surface area contributed by atoms with Crippen molar-refractivity contribution in [2.45, 2.75) is 57.0 Å². The lowest BCUT2D eigenvalue weighted by atomic mass is 10.2. The van der Waals surface area contributed by atoms with Gasteiger partial charge < -0.3 is 29.4 Å². The molecule has 7 heteroatoms. The third-order valence-corrected chi connectivity index (χ3v) is 4.39. The first-order valence-electron chi connectivity index (χ1n) is 8.53. The van der Waals surface area contributed by atoms with Crippen molar-refractivity contribution in [1.82, 2.24) is 5.32 Å². The lowest BCUT2D eigenvalue weighted by molar-refractivity contribution is -0.169. The molecule has 1 aliphatic carbocycles. The molecule has 25 heavy (non-hydrogen) atoms. The average Bonchev–Trinajstić information content (AvgIpc) is 3.02. The minimum absolute atomic E-state index is 0.219. The zero-order valence-electron chi connectivity index (χ0n) is 14.5. The Bertz CT molecular complexity index is 578. The van der Waals surface area contributed by atoms with Crippen LogP contribution in [0.1, 0.15) is 25.8 Å². The lowest BCUT2D eigenvalue weighted by Crippen LogP contribution is -2.42. The Labute approximate surface area is 147 Å². The highest BCUT2D eigenvalue weighted by atomic mass is 16.8. The predicted octanol–water partition coefficient (Wildman–Crippen LogP) is 2.15. The van der Waals surface area contributed by atoms with Gasteiger partial charge in [-0.2, -0.15) is 0 Å². The van der Waals surface area contributed by atoms with Gasteiger partial charge in [0.2, 0.25) is 0 Å². The normalized spacial score (nSPS) is 30.2. The largest absolute Gasteiger partial charge is 0.465 e. The van der Waals surface area contributed by atoms with Gasteiger partial charge in [0.15, 0.2) is 5.79 Å². The van der Waals surface area contributed by atoms with E-state index in [1.54, 1.807) is 0 Å². The van der Waals surface area contributed by atoms with Gasteiger partial charge in [0.05, 0.1) is 32.0 Å². The molecule has 0 spiro atoms. The Morgan fingerprint density at radius 2 is 1.96 bits per heavy atom. The number of hydrogen-bond donors (Lipinski definition) is 2. The molecule has 1 heterocycles. The van der Waals surface area contributed by atoms with E-state index in [2.05, 4.69) is 5.32 Å². The van der Waals surface area contributed by atoms with Crippen molar-refractivity contribution < 1.29 is 28.8 Å². The van der Waals surface area contributed by atoms with Crippen molar-refractivity contribution in [2.24, 2.45) is 0 Å². The quantitative estimate of drug-likeness (QED) is 0.732. The van der Waals surface area contributed by atoms with Crippen LogP contribution in [0.3, 0.4) is 0 Å². The summed E-state index contributed by atoms with van der Waals surface area (Å²) in [6.07, 6.45) is -1.37. The summed E-state index contributed by atoms with van der Waals surface area (Å²) in [6.45, 7) is 5.07. The van der Waals surface area contributed by atoms with Gasteiger partial charge in [-0.15, -0.1) is 0 Å². The molecular formula is C18H25NO6. The smallest absolute Gasteiger partial charge is 0.404 e. The van der Waals surface area contributed by atoms with Crippen LogP contribution in [0.15, 0.2) is 30.3 Å². The second-order valence-electron chi connectivity index (χ2n) is 6.80. The number of fused-ring (bicyclic) bond motifs is 1. The molecule has 138 valence electrons. The number of carboxylic acid groups (broad SMARTS) is 1. The van der Waals surface area contributed by atoms with Crippen LogP contribution < -0.4 is 5.32 Å². The molecule has 4 atom stereocenters. The SMILES string of the molecule is CC1(C)O[C@@H]2[C@H](O1)[C@@H](OCCOCc1ccccc1)C[C@H]2NC(=O)O. The predicted molar refractivity (Wildman–Crippen MR) is 89.2 cm³/mol. The summed E-state index contributed by atoms with van der Waals surface area (Å²) in [7, 11) is 0. The molecule has 1 saturated heterocycles. The van der Waals surface area contributed by atoms with Crippen LogP contribution in [0.25, 0.3) is 0 Å². The number of nitrogens with one attached hydrogen (secondary N) is 1. The van der Waals surface area contributed by atoms with Crippen LogP contribution in [-0.2, 0) is 25.6 Å². The van der Waals surface area contributed by atoms with E-state index in [1.165, 1.54) is 0 Å². The van der Waals surface area contributed by atoms with E-state index in [1.807, 2.05) is 44.2 Å². The molecule has 1 aliphatic heterocycles. The van der Waals surface area contributed by atoms with Crippen LogP contribution in [0.2, 0.25) is 0 Å². The number of amides is 1. The van der Waals surface area contributed by atoms with Crippen molar-refractivity contribution >= 4 is 6.09 Å². The standard InChI is InChI=1S/C18H25NO6/c1-18(2)24-15-13(19-17(20)21)10-14(16(15)25-18)23-9-8-22-11-12-6-4-3-5-7-12/h3-7,13-16,19H,8-11H2,1-2H3,(H,20,21)/t13-,14+,15+,16-/m1/s1. The van der Waals surface area contributed by atoms with Crippen molar-refractivity contribution in [3.63, 3.8) is 0 Å². The molecule has 0 aromatic heterocycles. The molecule has 3 rings (SSSR count). The third kappa shape index (κ3) is 4.70. The van der Waals surface area contributed by atoms with Gasteiger partial charge in [-0.25, -0.2) is 4.79 Å². The van der Waals surface area contributed by atoms with Crippen molar-refractivity contribution in [3.05, 3.63) is 35.9 Å². The molecule has 1 aromatic rings. The minimum Gasteiger partial charge on any atom is -0.465 e. The van der Waals surface area contributed by atoms with Gasteiger partial charge in [0.25, 0.3) is 0 Å². The fourth-order valence-electron chi connectivity index (χ4n) is 3.42. The van der Waals surface area contributed by atoms with E-state index in [0.717, 1.165) is 5.56 Å². The molecule has 2 N–H and O–H groups in total. The Hall–Kier alpha value is -1.67. The molecule has 1 amide bonds. The molecule has 7 nitrogen and oxygen atoms in total. The summed E-state index contributed by atoms with van der Waals surface area (Å²) in [5.41, 5.74) is 1.11. The molecule has 1 aromatic carbocycles. The van der Waals surface area contributed by atoms with Crippen LogP contribution >= 0.6 is 0 Å². The van der Waals surface area contributed by atoms with E-state index < -0.39 is 11.9 Å². The van der Waals surface area contributed by atoms with Crippen molar-refractivity contribution in [2.75, 3.05) is 13.2 Å². The number of carbonyl (C=O) groups is 1. The fraction of sp³-hybridized carbons (Fsp3) is 0.611. The van der Waals surface area contributed by atoms with Crippen LogP contribution in [0.5, 0.6) is 0 Å². The van der Waals surface area contributed by atoms with Crippen molar-refractivity contribution in [3.8, 4) is 0 Å². The van der Waals surface area contributed by atoms with E-state index in [-0.39, 0.29) is 24.4 Å². The van der Waals surface area contributed by atoms with Gasteiger partial charge >= 0.3 is 6.09 Å². The summed E-state index contributed by atoms with van der Waals surface area (Å²) >= 11 is 0. The highest BCUT2D eigenvalue weighted by Gasteiger charge is 2.55. The van der Waals surface area contributed by atoms with E-state index >= 15 is 0 Å². The molecular weight excluding hydrogens is 326 g/mol. The minimum atomic E-state index is -1.07. The van der Waals surface area contributed by atoms with Crippen LogP contribution in [-0.4, -0.2) is 54.6 Å². The first kappa shape index (κ1) is 18.1. The number of rotatable bonds is 7. The molecule has 0 radical (unpaired) electrons. The number of ether oxygens (including phenoxy) is 4. The lowest BCUT2D eigenvalue weighted by Gasteiger charge is -2.23. The maximum absolute atomic E-state index is 11.0. The maximum Gasteiger partial charge on any atom is 0.404 e. The summed E-state index contributed by atoms with van der Waals surface area (Å²) in [4.78, 5) is 11.0. The Morgan fingerprint density at radius 3 is 2.68 bits per heavy atom. The van der Waals surface area contributed by atoms with Gasteiger partial charge in [-0.3, -0.25) is 0 Å². The third-order valence-electron chi connectivity index (χ3n) is 4.39. The summed E-state index contributed by atoms with van der Waals surface area (Å²) in [5, 5.41) is 11.5. The average molecular weight is 351 g/mol. The highest BCUT2D eigenvalue weighted by molar-refractivity contribution is 5.65. The fourth-order valence-corrected chi connectivity index (χ4v) is 3.42. The maximum atomic E-state index is 11.0. The highest BCUT2D eigenvalue weighted by Crippen LogP contribution is 2.39. The van der Waals surface area contributed by atoms with E-state index in [9.17, 15) is 4.79 Å². The first-order valence-corrected chi connectivity index (χ1v) is 8.53. The Kier molecular flexibility index (Phi) is 5.58. The number of hydrogen-bond acceptors (Lipinski definition) is 5. The summed E-state index contributed by atoms with van der Waals surface area (Å²) in [6, 6.07) is 9.60. The van der Waals surface area contributed by atoms with Crippen LogP contribution in [0, 0.1) is 0 Å². The zero-order chi connectivity index (χ0) is 17.9. The zero-order valence-corrected chi connectivity index (χ0v) is 14.5. The Morgan fingerprint density at radius 1 is 1.24 bits per heavy atom. The molecule has 2 aliphatic rings. The topological polar surface area (TPSA) is 86.3 Å². The van der Waals surface area contributed by atoms with Gasteiger partial charge in [0, 0.05) is 0 Å². The van der Waals surface area contributed by atoms with Gasteiger partial charge in [0.1, 0.15) is 12.2 Å². The van der Waals surface area contributed by atoms with Gasteiger partial charge in [-0.05, 0) is 25.8 Å². The van der Waals surface area contributed by atoms with Gasteiger partial charge in [-0.1, -0.05) is 30.3 Å². The monoisotopic (exact) mass is 351 g/mol. The second kappa shape index (κ2) is 7.70. The van der Waals surface area contributed by atoms with Crippen molar-refractivity contribution in [1.29, 1.82) is 0 Å². The van der Waals surface area contributed by atoms with E-state index in [0.29, 0.717) is 26.2 Å². The summed E-state index contributed by atoms with van der Waals surface area (Å²) in [5.74, 6) is -0.737. The summed E-state index contributed by atoms with van der Waals surface area (Å²) < 4.78 is 23.3.